The Morgan fingerprint density at radius 3 is 2.79 bits per heavy atom. The molecule has 1 aliphatic heterocycles. The van der Waals surface area contributed by atoms with Crippen molar-refractivity contribution < 1.29 is 19.3 Å². The van der Waals surface area contributed by atoms with Gasteiger partial charge in [0.05, 0.1) is 17.4 Å². The molecular formula is C19H29ClN4O4. The van der Waals surface area contributed by atoms with Gasteiger partial charge in [-0.05, 0) is 44.9 Å². The average molecular weight is 413 g/mol. The van der Waals surface area contributed by atoms with Crippen molar-refractivity contribution in [3.8, 4) is 0 Å². The van der Waals surface area contributed by atoms with Crippen LogP contribution in [0.1, 0.15) is 45.9 Å². The van der Waals surface area contributed by atoms with Gasteiger partial charge in [-0.15, -0.1) is 0 Å². The van der Waals surface area contributed by atoms with Crippen molar-refractivity contribution in [1.82, 2.24) is 19.9 Å². The summed E-state index contributed by atoms with van der Waals surface area (Å²) >= 11 is 5.99. The van der Waals surface area contributed by atoms with Crippen LogP contribution in [0.3, 0.4) is 0 Å². The SMILES string of the molecule is CCC(OC(C)(C)C)C(O)NCCn1c(C2OC2OC)cc2cnc(Cl)nc21. The van der Waals surface area contributed by atoms with Crippen molar-refractivity contribution in [1.29, 1.82) is 0 Å². The fourth-order valence-electron chi connectivity index (χ4n) is 3.28. The van der Waals surface area contributed by atoms with Crippen molar-refractivity contribution in [2.75, 3.05) is 13.7 Å². The largest absolute Gasteiger partial charge is 0.376 e. The molecule has 3 heterocycles. The van der Waals surface area contributed by atoms with Crippen molar-refractivity contribution in [2.24, 2.45) is 0 Å². The maximum absolute atomic E-state index is 10.5. The van der Waals surface area contributed by atoms with Gasteiger partial charge in [0, 0.05) is 31.8 Å². The van der Waals surface area contributed by atoms with E-state index in [1.807, 2.05) is 38.3 Å². The van der Waals surface area contributed by atoms with Gasteiger partial charge < -0.3 is 23.9 Å². The first-order valence-electron chi connectivity index (χ1n) is 9.52. The van der Waals surface area contributed by atoms with E-state index in [9.17, 15) is 5.11 Å². The maximum atomic E-state index is 10.5. The van der Waals surface area contributed by atoms with Crippen LogP contribution in [0, 0.1) is 0 Å². The number of rotatable bonds is 9. The van der Waals surface area contributed by atoms with E-state index in [1.165, 1.54) is 0 Å². The number of fused-ring (bicyclic) bond motifs is 1. The second-order valence-corrected chi connectivity index (χ2v) is 8.21. The van der Waals surface area contributed by atoms with E-state index in [-0.39, 0.29) is 29.4 Å². The Morgan fingerprint density at radius 2 is 2.18 bits per heavy atom. The molecule has 1 saturated heterocycles. The fraction of sp³-hybridized carbons (Fsp3) is 0.684. The van der Waals surface area contributed by atoms with E-state index in [0.717, 1.165) is 16.7 Å². The van der Waals surface area contributed by atoms with E-state index in [4.69, 9.17) is 25.8 Å². The molecule has 0 aromatic carbocycles. The number of aliphatic hydroxyl groups excluding tert-OH is 1. The number of hydrogen-bond donors (Lipinski definition) is 2. The number of ether oxygens (including phenoxy) is 3. The van der Waals surface area contributed by atoms with E-state index in [0.29, 0.717) is 19.5 Å². The van der Waals surface area contributed by atoms with Crippen LogP contribution in [0.15, 0.2) is 12.3 Å². The number of halogens is 1. The molecule has 2 aromatic heterocycles. The van der Waals surface area contributed by atoms with Crippen LogP contribution in [0.4, 0.5) is 0 Å². The summed E-state index contributed by atoms with van der Waals surface area (Å²) < 4.78 is 18.8. The zero-order valence-corrected chi connectivity index (χ0v) is 17.7. The predicted octanol–water partition coefficient (Wildman–Crippen LogP) is 2.63. The van der Waals surface area contributed by atoms with E-state index in [1.54, 1.807) is 13.3 Å². The molecule has 1 aliphatic rings. The van der Waals surface area contributed by atoms with Gasteiger partial charge in [-0.25, -0.2) is 4.98 Å². The monoisotopic (exact) mass is 412 g/mol. The molecule has 0 radical (unpaired) electrons. The molecule has 2 aromatic rings. The van der Waals surface area contributed by atoms with Crippen LogP contribution in [-0.2, 0) is 20.8 Å². The maximum Gasteiger partial charge on any atom is 0.224 e. The second-order valence-electron chi connectivity index (χ2n) is 7.88. The van der Waals surface area contributed by atoms with Gasteiger partial charge in [0.15, 0.2) is 12.4 Å². The van der Waals surface area contributed by atoms with Crippen molar-refractivity contribution in [3.05, 3.63) is 23.2 Å². The number of hydrogen-bond acceptors (Lipinski definition) is 7. The Bertz CT molecular complexity index is 807. The number of methoxy groups -OCH3 is 1. The van der Waals surface area contributed by atoms with Crippen molar-refractivity contribution >= 4 is 22.6 Å². The summed E-state index contributed by atoms with van der Waals surface area (Å²) in [6, 6.07) is 1.99. The molecule has 156 valence electrons. The molecule has 28 heavy (non-hydrogen) atoms. The molecule has 4 atom stereocenters. The Labute approximate surface area is 170 Å². The number of aliphatic hydroxyl groups is 1. The lowest BCUT2D eigenvalue weighted by Crippen LogP contribution is -2.45. The first-order chi connectivity index (χ1) is 13.2. The third-order valence-corrected chi connectivity index (χ3v) is 4.74. The minimum absolute atomic E-state index is 0.143. The number of nitrogens with zero attached hydrogens (tertiary/aromatic N) is 3. The Kier molecular flexibility index (Phi) is 6.58. The Hall–Kier alpha value is -1.29. The summed E-state index contributed by atoms with van der Waals surface area (Å²) in [7, 11) is 1.62. The highest BCUT2D eigenvalue weighted by atomic mass is 35.5. The highest BCUT2D eigenvalue weighted by Gasteiger charge is 2.43. The topological polar surface area (TPSA) is 94.0 Å². The van der Waals surface area contributed by atoms with Crippen LogP contribution >= 0.6 is 11.6 Å². The van der Waals surface area contributed by atoms with E-state index < -0.39 is 6.23 Å². The van der Waals surface area contributed by atoms with Gasteiger partial charge in [-0.1, -0.05) is 6.92 Å². The molecule has 8 nitrogen and oxygen atoms in total. The van der Waals surface area contributed by atoms with Crippen molar-refractivity contribution in [2.45, 2.75) is 71.0 Å². The minimum Gasteiger partial charge on any atom is -0.376 e. The van der Waals surface area contributed by atoms with E-state index in [2.05, 4.69) is 15.3 Å². The zero-order valence-electron chi connectivity index (χ0n) is 17.0. The summed E-state index contributed by atoms with van der Waals surface area (Å²) in [6.45, 7) is 9.02. The number of nitrogens with one attached hydrogen (secondary N) is 1. The van der Waals surface area contributed by atoms with Crippen LogP contribution in [0.2, 0.25) is 5.28 Å². The first kappa shape index (κ1) is 21.4. The molecule has 4 unspecified atom stereocenters. The highest BCUT2D eigenvalue weighted by molar-refractivity contribution is 6.28. The summed E-state index contributed by atoms with van der Waals surface area (Å²) in [5.41, 5.74) is 1.36. The van der Waals surface area contributed by atoms with Crippen LogP contribution in [0.25, 0.3) is 11.0 Å². The third kappa shape index (κ3) is 5.00. The Morgan fingerprint density at radius 1 is 1.43 bits per heavy atom. The average Bonchev–Trinajstić information content (AvgIpc) is 3.34. The highest BCUT2D eigenvalue weighted by Crippen LogP contribution is 2.41. The third-order valence-electron chi connectivity index (χ3n) is 4.56. The summed E-state index contributed by atoms with van der Waals surface area (Å²) in [4.78, 5) is 8.42. The number of aromatic nitrogens is 3. The van der Waals surface area contributed by atoms with Gasteiger partial charge in [0.2, 0.25) is 5.28 Å². The zero-order chi connectivity index (χ0) is 20.5. The molecule has 1 fully saturated rings. The van der Waals surface area contributed by atoms with Gasteiger partial charge in [-0.2, -0.15) is 4.98 Å². The molecule has 0 spiro atoms. The summed E-state index contributed by atoms with van der Waals surface area (Å²) in [6.07, 6.45) is 0.947. The van der Waals surface area contributed by atoms with Crippen molar-refractivity contribution in [3.63, 3.8) is 0 Å². The normalized spacial score (nSPS) is 21.8. The van der Waals surface area contributed by atoms with Crippen LogP contribution < -0.4 is 5.32 Å². The van der Waals surface area contributed by atoms with Gasteiger partial charge >= 0.3 is 0 Å². The van der Waals surface area contributed by atoms with Gasteiger partial charge in [-0.3, -0.25) is 5.32 Å². The molecule has 2 N–H and O–H groups in total. The quantitative estimate of drug-likeness (QED) is 0.371. The lowest BCUT2D eigenvalue weighted by molar-refractivity contribution is -0.120. The molecular weight excluding hydrogens is 384 g/mol. The molecule has 3 rings (SSSR count). The molecule has 0 saturated carbocycles. The Balaban J connectivity index is 1.71. The van der Waals surface area contributed by atoms with Gasteiger partial charge in [0.1, 0.15) is 11.9 Å². The molecule has 9 heteroatoms. The van der Waals surface area contributed by atoms with E-state index >= 15 is 0 Å². The standard InChI is InChI=1S/C19H29ClN4O4/c1-6-13(28-19(2,3)4)16(25)21-7-8-24-12(14-17(26-5)27-14)9-11-10-22-18(20)23-15(11)24/h9-10,13-14,16-17,21,25H,6-8H2,1-5H3. The summed E-state index contributed by atoms with van der Waals surface area (Å²) in [5.74, 6) is 0. The lowest BCUT2D eigenvalue weighted by Gasteiger charge is -2.30. The minimum atomic E-state index is -0.767. The van der Waals surface area contributed by atoms with Crippen LogP contribution in [-0.4, -0.2) is 57.5 Å². The lowest BCUT2D eigenvalue weighted by atomic mass is 10.1. The van der Waals surface area contributed by atoms with Gasteiger partial charge in [0.25, 0.3) is 0 Å². The number of epoxide rings is 1. The molecule has 0 aliphatic carbocycles. The second kappa shape index (κ2) is 8.61. The first-order valence-corrected chi connectivity index (χ1v) is 9.90. The molecule has 0 bridgehead atoms. The fourth-order valence-corrected chi connectivity index (χ4v) is 3.41. The summed E-state index contributed by atoms with van der Waals surface area (Å²) in [5, 5.41) is 14.7. The van der Waals surface area contributed by atoms with Crippen LogP contribution in [0.5, 0.6) is 0 Å². The predicted molar refractivity (Wildman–Crippen MR) is 106 cm³/mol. The molecule has 0 amide bonds. The smallest absolute Gasteiger partial charge is 0.224 e.